The highest BCUT2D eigenvalue weighted by atomic mass is 16.6. The number of cyclic esters (lactones) is 1. The van der Waals surface area contributed by atoms with E-state index in [0.717, 1.165) is 47.4 Å². The molecule has 4 rings (SSSR count). The monoisotopic (exact) mass is 370 g/mol. The molecule has 2 N–H and O–H groups in total. The molecule has 27 heavy (non-hydrogen) atoms. The molecular weight excluding hydrogens is 348 g/mol. The van der Waals surface area contributed by atoms with E-state index >= 15 is 0 Å². The molecule has 142 valence electrons. The number of ether oxygens (including phenoxy) is 1. The Morgan fingerprint density at radius 1 is 1.30 bits per heavy atom. The summed E-state index contributed by atoms with van der Waals surface area (Å²) in [5.74, 6) is 0.821. The highest BCUT2D eigenvalue weighted by Crippen LogP contribution is 2.35. The van der Waals surface area contributed by atoms with Crippen LogP contribution in [0.5, 0.6) is 0 Å². The first-order chi connectivity index (χ1) is 13.2. The number of urea groups is 1. The Morgan fingerprint density at radius 2 is 2.15 bits per heavy atom. The lowest BCUT2D eigenvalue weighted by Gasteiger charge is -2.16. The van der Waals surface area contributed by atoms with Crippen molar-refractivity contribution in [2.24, 2.45) is 0 Å². The predicted octanol–water partition coefficient (Wildman–Crippen LogP) is 2.47. The molecule has 0 radical (unpaired) electrons. The number of carbonyl (C=O) groups is 2. The SMILES string of the molecule is CCNC(=O)NC[C@H]1CN(c2ccc3c(c2)CCCc2cnoc2-3)C(=O)O1. The van der Waals surface area contributed by atoms with Gasteiger partial charge in [0, 0.05) is 23.4 Å². The van der Waals surface area contributed by atoms with Gasteiger partial charge in [0.25, 0.3) is 0 Å². The van der Waals surface area contributed by atoms with E-state index in [2.05, 4.69) is 15.8 Å². The van der Waals surface area contributed by atoms with Gasteiger partial charge in [0.1, 0.15) is 6.10 Å². The quantitative estimate of drug-likeness (QED) is 0.862. The lowest BCUT2D eigenvalue weighted by molar-refractivity contribution is 0.140. The number of hydrogen-bond acceptors (Lipinski definition) is 5. The number of hydrogen-bond donors (Lipinski definition) is 2. The summed E-state index contributed by atoms with van der Waals surface area (Å²) < 4.78 is 10.8. The molecule has 3 amide bonds. The number of amides is 3. The number of carbonyl (C=O) groups excluding carboxylic acids is 2. The van der Waals surface area contributed by atoms with Crippen LogP contribution in [0.15, 0.2) is 28.9 Å². The molecule has 8 nitrogen and oxygen atoms in total. The predicted molar refractivity (Wildman–Crippen MR) is 98.7 cm³/mol. The van der Waals surface area contributed by atoms with Crippen LogP contribution in [0.3, 0.4) is 0 Å². The lowest BCUT2D eigenvalue weighted by Crippen LogP contribution is -2.40. The second-order valence-corrected chi connectivity index (χ2v) is 6.73. The Kier molecular flexibility index (Phi) is 4.70. The molecule has 1 saturated heterocycles. The summed E-state index contributed by atoms with van der Waals surface area (Å²) in [5.41, 5.74) is 4.09. The van der Waals surface area contributed by atoms with E-state index in [9.17, 15) is 9.59 Å². The fourth-order valence-electron chi connectivity index (χ4n) is 3.57. The van der Waals surface area contributed by atoms with Crippen LogP contribution < -0.4 is 15.5 Å². The summed E-state index contributed by atoms with van der Waals surface area (Å²) >= 11 is 0. The number of rotatable bonds is 4. The second kappa shape index (κ2) is 7.30. The minimum absolute atomic E-state index is 0.264. The number of fused-ring (bicyclic) bond motifs is 3. The first kappa shape index (κ1) is 17.4. The zero-order valence-electron chi connectivity index (χ0n) is 15.2. The van der Waals surface area contributed by atoms with Gasteiger partial charge in [0.05, 0.1) is 19.3 Å². The van der Waals surface area contributed by atoms with Crippen LogP contribution in [0, 0.1) is 0 Å². The maximum absolute atomic E-state index is 12.3. The van der Waals surface area contributed by atoms with Crippen molar-refractivity contribution < 1.29 is 18.8 Å². The molecule has 0 unspecified atom stereocenters. The normalized spacial score (nSPS) is 18.3. The van der Waals surface area contributed by atoms with Crippen molar-refractivity contribution in [3.8, 4) is 11.3 Å². The lowest BCUT2D eigenvalue weighted by atomic mass is 10.0. The van der Waals surface area contributed by atoms with Gasteiger partial charge in [-0.15, -0.1) is 0 Å². The molecule has 8 heteroatoms. The average molecular weight is 370 g/mol. The third kappa shape index (κ3) is 3.47. The Morgan fingerprint density at radius 3 is 3.00 bits per heavy atom. The van der Waals surface area contributed by atoms with Crippen LogP contribution in [0.1, 0.15) is 24.5 Å². The first-order valence-electron chi connectivity index (χ1n) is 9.22. The van der Waals surface area contributed by atoms with Gasteiger partial charge in [-0.3, -0.25) is 4.90 Å². The molecule has 0 spiro atoms. The minimum Gasteiger partial charge on any atom is -0.442 e. The molecule has 2 aromatic rings. The Bertz CT molecular complexity index is 863. The van der Waals surface area contributed by atoms with Crippen molar-refractivity contribution >= 4 is 17.8 Å². The van der Waals surface area contributed by atoms with E-state index in [1.165, 1.54) is 0 Å². The third-order valence-corrected chi connectivity index (χ3v) is 4.88. The van der Waals surface area contributed by atoms with Crippen molar-refractivity contribution in [1.82, 2.24) is 15.8 Å². The maximum atomic E-state index is 12.3. The highest BCUT2D eigenvalue weighted by molar-refractivity contribution is 5.90. The third-order valence-electron chi connectivity index (χ3n) is 4.88. The number of nitrogens with zero attached hydrogens (tertiary/aromatic N) is 2. The van der Waals surface area contributed by atoms with Crippen LogP contribution in [0.25, 0.3) is 11.3 Å². The van der Waals surface area contributed by atoms with Crippen molar-refractivity contribution in [3.63, 3.8) is 0 Å². The van der Waals surface area contributed by atoms with E-state index in [1.807, 2.05) is 25.1 Å². The van der Waals surface area contributed by atoms with Gasteiger partial charge in [-0.1, -0.05) is 5.16 Å². The van der Waals surface area contributed by atoms with Crippen LogP contribution >= 0.6 is 0 Å². The van der Waals surface area contributed by atoms with Gasteiger partial charge in [0.2, 0.25) is 0 Å². The summed E-state index contributed by atoms with van der Waals surface area (Å²) in [4.78, 5) is 25.4. The van der Waals surface area contributed by atoms with Crippen LogP contribution in [0.4, 0.5) is 15.3 Å². The number of anilines is 1. The van der Waals surface area contributed by atoms with Gasteiger partial charge in [-0.25, -0.2) is 9.59 Å². The fraction of sp³-hybridized carbons (Fsp3) is 0.421. The van der Waals surface area contributed by atoms with Crippen LogP contribution in [-0.4, -0.2) is 43.0 Å². The van der Waals surface area contributed by atoms with Gasteiger partial charge in [-0.2, -0.15) is 0 Å². The Labute approximate surface area is 156 Å². The van der Waals surface area contributed by atoms with Gasteiger partial charge >= 0.3 is 12.1 Å². The highest BCUT2D eigenvalue weighted by Gasteiger charge is 2.33. The molecule has 1 aromatic carbocycles. The van der Waals surface area contributed by atoms with E-state index < -0.39 is 6.09 Å². The van der Waals surface area contributed by atoms with Crippen molar-refractivity contribution in [3.05, 3.63) is 35.5 Å². The van der Waals surface area contributed by atoms with Crippen LogP contribution in [0.2, 0.25) is 0 Å². The topological polar surface area (TPSA) is 96.7 Å². The second-order valence-electron chi connectivity index (χ2n) is 6.73. The minimum atomic E-state index is -0.397. The molecule has 0 bridgehead atoms. The molecule has 1 aliphatic heterocycles. The molecule has 1 aromatic heterocycles. The summed E-state index contributed by atoms with van der Waals surface area (Å²) in [6.45, 7) is 3.07. The average Bonchev–Trinajstić information content (AvgIpc) is 3.23. The smallest absolute Gasteiger partial charge is 0.414 e. The molecule has 0 saturated carbocycles. The first-order valence-corrected chi connectivity index (χ1v) is 9.22. The Balaban J connectivity index is 1.49. The zero-order valence-corrected chi connectivity index (χ0v) is 15.2. The van der Waals surface area contributed by atoms with E-state index in [1.54, 1.807) is 11.1 Å². The fourth-order valence-corrected chi connectivity index (χ4v) is 3.57. The van der Waals surface area contributed by atoms with E-state index in [-0.39, 0.29) is 18.7 Å². The van der Waals surface area contributed by atoms with Crippen molar-refractivity contribution in [2.75, 3.05) is 24.5 Å². The Hall–Kier alpha value is -3.03. The summed E-state index contributed by atoms with van der Waals surface area (Å²) in [5, 5.41) is 9.28. The number of benzene rings is 1. The van der Waals surface area contributed by atoms with Gasteiger partial charge in [-0.05, 0) is 49.9 Å². The molecule has 1 fully saturated rings. The number of aromatic nitrogens is 1. The molecular formula is C19H22N4O4. The molecule has 2 aliphatic rings. The largest absolute Gasteiger partial charge is 0.442 e. The van der Waals surface area contributed by atoms with Gasteiger partial charge in [0.15, 0.2) is 5.76 Å². The number of nitrogens with one attached hydrogen (secondary N) is 2. The maximum Gasteiger partial charge on any atom is 0.414 e. The summed E-state index contributed by atoms with van der Waals surface area (Å²) in [7, 11) is 0. The molecule has 1 atom stereocenters. The molecule has 1 aliphatic carbocycles. The summed E-state index contributed by atoms with van der Waals surface area (Å²) in [6, 6.07) is 5.64. The number of aryl methyl sites for hydroxylation is 2. The van der Waals surface area contributed by atoms with Crippen molar-refractivity contribution in [1.29, 1.82) is 0 Å². The molecule has 2 heterocycles. The van der Waals surface area contributed by atoms with E-state index in [0.29, 0.717) is 13.1 Å². The van der Waals surface area contributed by atoms with E-state index in [4.69, 9.17) is 9.26 Å². The zero-order chi connectivity index (χ0) is 18.8. The summed E-state index contributed by atoms with van der Waals surface area (Å²) in [6.07, 6.45) is 3.86. The van der Waals surface area contributed by atoms with Crippen molar-refractivity contribution in [2.45, 2.75) is 32.3 Å². The van der Waals surface area contributed by atoms with Crippen LogP contribution in [-0.2, 0) is 17.6 Å². The standard InChI is InChI=1S/C19H22N4O4/c1-2-20-18(24)21-10-15-11-23(19(25)26-15)14-6-7-16-12(8-14)4-3-5-13-9-22-27-17(13)16/h6-9,15H,2-5,10-11H2,1H3,(H2,20,21,24)/t15-/m0/s1. The van der Waals surface area contributed by atoms with Gasteiger partial charge < -0.3 is 19.9 Å².